The molecule has 102 valence electrons. The Labute approximate surface area is 114 Å². The quantitative estimate of drug-likeness (QED) is 0.814. The van der Waals surface area contributed by atoms with Crippen LogP contribution in [-0.2, 0) is 0 Å². The van der Waals surface area contributed by atoms with Crippen molar-refractivity contribution >= 4 is 17.3 Å². The Balaban J connectivity index is 1.92. The second-order valence-electron chi connectivity index (χ2n) is 5.73. The van der Waals surface area contributed by atoms with E-state index < -0.39 is 0 Å². The van der Waals surface area contributed by atoms with E-state index in [2.05, 4.69) is 24.5 Å². The molecule has 1 aromatic rings. The van der Waals surface area contributed by atoms with Gasteiger partial charge in [0.05, 0.1) is 16.9 Å². The average Bonchev–Trinajstić information content (AvgIpc) is 2.76. The van der Waals surface area contributed by atoms with Crippen LogP contribution in [0.3, 0.4) is 0 Å². The van der Waals surface area contributed by atoms with Crippen molar-refractivity contribution in [2.24, 2.45) is 5.92 Å². The lowest BCUT2D eigenvalue weighted by Crippen LogP contribution is -2.35. The first-order valence-corrected chi connectivity index (χ1v) is 7.08. The highest BCUT2D eigenvalue weighted by Crippen LogP contribution is 2.31. The molecule has 4 heteroatoms. The molecule has 4 nitrogen and oxygen atoms in total. The summed E-state index contributed by atoms with van der Waals surface area (Å²) >= 11 is 0. The molecule has 1 amide bonds. The lowest BCUT2D eigenvalue weighted by molar-refractivity contribution is 0.0744. The van der Waals surface area contributed by atoms with Gasteiger partial charge in [-0.2, -0.15) is 0 Å². The molecule has 2 aliphatic rings. The first-order valence-electron chi connectivity index (χ1n) is 7.08. The molecule has 0 bridgehead atoms. The number of nitrogens with zero attached hydrogens (tertiary/aromatic N) is 1. The van der Waals surface area contributed by atoms with Gasteiger partial charge >= 0.3 is 0 Å². The van der Waals surface area contributed by atoms with Gasteiger partial charge in [0.1, 0.15) is 0 Å². The zero-order valence-corrected chi connectivity index (χ0v) is 11.6. The number of nitrogens with one attached hydrogen (secondary N) is 2. The van der Waals surface area contributed by atoms with Crippen LogP contribution in [0.1, 0.15) is 30.6 Å². The molecule has 0 saturated carbocycles. The highest BCUT2D eigenvalue weighted by molar-refractivity contribution is 6.03. The Morgan fingerprint density at radius 1 is 1.26 bits per heavy atom. The van der Waals surface area contributed by atoms with Crippen LogP contribution in [0.25, 0.3) is 0 Å². The predicted octanol–water partition coefficient (Wildman–Crippen LogP) is 2.39. The van der Waals surface area contributed by atoms with Crippen molar-refractivity contribution in [2.75, 3.05) is 30.3 Å². The molecule has 3 rings (SSSR count). The van der Waals surface area contributed by atoms with Crippen LogP contribution in [0, 0.1) is 5.92 Å². The molecule has 1 saturated heterocycles. The predicted molar refractivity (Wildman–Crippen MR) is 77.7 cm³/mol. The standard InChI is InChI=1S/C15H21N3O/c1-10-8-11(2)18(9-10)15(19)12-4-3-5-13-14(12)17-7-6-16-13/h3-5,10-11,16-17H,6-9H2,1-2H3. The van der Waals surface area contributed by atoms with Crippen LogP contribution in [0.5, 0.6) is 0 Å². The van der Waals surface area contributed by atoms with Gasteiger partial charge in [-0.05, 0) is 31.4 Å². The largest absolute Gasteiger partial charge is 0.382 e. The van der Waals surface area contributed by atoms with Gasteiger partial charge in [0.15, 0.2) is 0 Å². The number of carbonyl (C=O) groups is 1. The number of para-hydroxylation sites is 1. The average molecular weight is 259 g/mol. The van der Waals surface area contributed by atoms with Crippen molar-refractivity contribution in [3.63, 3.8) is 0 Å². The smallest absolute Gasteiger partial charge is 0.256 e. The van der Waals surface area contributed by atoms with Crippen molar-refractivity contribution in [1.82, 2.24) is 4.90 Å². The highest BCUT2D eigenvalue weighted by Gasteiger charge is 2.32. The van der Waals surface area contributed by atoms with Crippen molar-refractivity contribution < 1.29 is 4.79 Å². The maximum absolute atomic E-state index is 12.7. The number of anilines is 2. The van der Waals surface area contributed by atoms with Crippen LogP contribution >= 0.6 is 0 Å². The lowest BCUT2D eigenvalue weighted by Gasteiger charge is -2.26. The van der Waals surface area contributed by atoms with E-state index in [0.29, 0.717) is 12.0 Å². The SMILES string of the molecule is CC1CC(C)N(C(=O)c2cccc3c2NCCN3)C1. The van der Waals surface area contributed by atoms with E-state index in [4.69, 9.17) is 0 Å². The fraction of sp³-hybridized carbons (Fsp3) is 0.533. The highest BCUT2D eigenvalue weighted by atomic mass is 16.2. The fourth-order valence-electron chi connectivity index (χ4n) is 3.19. The van der Waals surface area contributed by atoms with Gasteiger partial charge < -0.3 is 15.5 Å². The summed E-state index contributed by atoms with van der Waals surface area (Å²) in [6, 6.07) is 6.25. The van der Waals surface area contributed by atoms with E-state index in [0.717, 1.165) is 43.0 Å². The minimum absolute atomic E-state index is 0.157. The van der Waals surface area contributed by atoms with Gasteiger partial charge in [-0.3, -0.25) is 4.79 Å². The maximum Gasteiger partial charge on any atom is 0.256 e. The molecule has 19 heavy (non-hydrogen) atoms. The van der Waals surface area contributed by atoms with Crippen molar-refractivity contribution in [3.05, 3.63) is 23.8 Å². The molecular formula is C15H21N3O. The molecule has 2 aliphatic heterocycles. The normalized spacial score (nSPS) is 25.5. The van der Waals surface area contributed by atoms with Gasteiger partial charge in [0.2, 0.25) is 0 Å². The summed E-state index contributed by atoms with van der Waals surface area (Å²) in [7, 11) is 0. The molecule has 1 aromatic carbocycles. The van der Waals surface area contributed by atoms with Gasteiger partial charge in [0.25, 0.3) is 5.91 Å². The van der Waals surface area contributed by atoms with Crippen molar-refractivity contribution in [1.29, 1.82) is 0 Å². The Kier molecular flexibility index (Phi) is 3.09. The third-order valence-corrected chi connectivity index (χ3v) is 4.08. The number of hydrogen-bond donors (Lipinski definition) is 2. The van der Waals surface area contributed by atoms with Crippen LogP contribution in [0.2, 0.25) is 0 Å². The first-order chi connectivity index (χ1) is 9.16. The molecule has 2 N–H and O–H groups in total. The Hall–Kier alpha value is -1.71. The Morgan fingerprint density at radius 3 is 2.79 bits per heavy atom. The molecule has 0 aliphatic carbocycles. The zero-order valence-electron chi connectivity index (χ0n) is 11.6. The second kappa shape index (κ2) is 4.76. The number of likely N-dealkylation sites (tertiary alicyclic amines) is 1. The summed E-state index contributed by atoms with van der Waals surface area (Å²) in [6.07, 6.45) is 1.10. The summed E-state index contributed by atoms with van der Waals surface area (Å²) in [5.74, 6) is 0.759. The number of fused-ring (bicyclic) bond motifs is 1. The third kappa shape index (κ3) is 2.15. The number of benzene rings is 1. The summed E-state index contributed by atoms with van der Waals surface area (Å²) in [6.45, 7) is 6.99. The molecule has 2 unspecified atom stereocenters. The molecular weight excluding hydrogens is 238 g/mol. The molecule has 0 aromatic heterocycles. The minimum atomic E-state index is 0.157. The Bertz CT molecular complexity index is 500. The molecule has 0 radical (unpaired) electrons. The van der Waals surface area contributed by atoms with Gasteiger partial charge in [0, 0.05) is 25.7 Å². The second-order valence-corrected chi connectivity index (χ2v) is 5.73. The Morgan fingerprint density at radius 2 is 2.05 bits per heavy atom. The van der Waals surface area contributed by atoms with Gasteiger partial charge in [-0.1, -0.05) is 13.0 Å². The lowest BCUT2D eigenvalue weighted by atomic mass is 10.1. The molecule has 1 fully saturated rings. The minimum Gasteiger partial charge on any atom is -0.382 e. The van der Waals surface area contributed by atoms with Crippen LogP contribution < -0.4 is 10.6 Å². The number of rotatable bonds is 1. The maximum atomic E-state index is 12.7. The molecule has 2 atom stereocenters. The van der Waals surface area contributed by atoms with Crippen LogP contribution in [0.15, 0.2) is 18.2 Å². The van der Waals surface area contributed by atoms with Crippen molar-refractivity contribution in [2.45, 2.75) is 26.3 Å². The van der Waals surface area contributed by atoms with Gasteiger partial charge in [-0.25, -0.2) is 0 Å². The zero-order chi connectivity index (χ0) is 13.4. The topological polar surface area (TPSA) is 44.4 Å². The third-order valence-electron chi connectivity index (χ3n) is 4.08. The van der Waals surface area contributed by atoms with E-state index in [-0.39, 0.29) is 5.91 Å². The van der Waals surface area contributed by atoms with E-state index in [1.807, 2.05) is 23.1 Å². The summed E-state index contributed by atoms with van der Waals surface area (Å²) in [5.41, 5.74) is 2.80. The number of carbonyl (C=O) groups excluding carboxylic acids is 1. The summed E-state index contributed by atoms with van der Waals surface area (Å²) < 4.78 is 0. The number of amides is 1. The number of hydrogen-bond acceptors (Lipinski definition) is 3. The van der Waals surface area contributed by atoms with E-state index >= 15 is 0 Å². The van der Waals surface area contributed by atoms with E-state index in [1.54, 1.807) is 0 Å². The monoisotopic (exact) mass is 259 g/mol. The van der Waals surface area contributed by atoms with Crippen molar-refractivity contribution in [3.8, 4) is 0 Å². The van der Waals surface area contributed by atoms with E-state index in [1.165, 1.54) is 0 Å². The van der Waals surface area contributed by atoms with Crippen LogP contribution in [0.4, 0.5) is 11.4 Å². The van der Waals surface area contributed by atoms with E-state index in [9.17, 15) is 4.79 Å². The molecule has 2 heterocycles. The summed E-state index contributed by atoms with van der Waals surface area (Å²) in [4.78, 5) is 14.7. The van der Waals surface area contributed by atoms with Crippen LogP contribution in [-0.4, -0.2) is 36.5 Å². The first kappa shape index (κ1) is 12.3. The fourth-order valence-corrected chi connectivity index (χ4v) is 3.19. The molecule has 0 spiro atoms. The summed E-state index contributed by atoms with van der Waals surface area (Å²) in [5, 5.41) is 6.69. The van der Waals surface area contributed by atoms with Gasteiger partial charge in [-0.15, -0.1) is 0 Å².